The third kappa shape index (κ3) is 3.65. The minimum atomic E-state index is -0.908. The first-order valence-electron chi connectivity index (χ1n) is 10.6. The number of anilines is 3. The van der Waals surface area contributed by atoms with Gasteiger partial charge in [-0.05, 0) is 30.7 Å². The Morgan fingerprint density at radius 3 is 2.65 bits per heavy atom. The standard InChI is InChI=1S/C23H23N5O3/c29-18-13-16(21(30)24-17-10-6-8-14-7-2-3-9-15(14)17)19-20(25-18)26-23(27-22(19)31)28-11-4-1-5-12-28/h2-3,6-10,16H,1,4-5,11-13H2,(H,24,30)(H2,25,26,27,29,31)/t16-/m1/s1. The molecule has 158 valence electrons. The van der Waals surface area contributed by atoms with Crippen molar-refractivity contribution in [2.75, 3.05) is 28.6 Å². The van der Waals surface area contributed by atoms with E-state index in [-0.39, 0.29) is 29.3 Å². The topological polar surface area (TPSA) is 107 Å². The molecule has 0 spiro atoms. The Hall–Kier alpha value is -3.68. The molecule has 3 heterocycles. The van der Waals surface area contributed by atoms with Crippen LogP contribution in [0.5, 0.6) is 0 Å². The van der Waals surface area contributed by atoms with Crippen LogP contribution >= 0.6 is 0 Å². The minimum absolute atomic E-state index is 0.0998. The summed E-state index contributed by atoms with van der Waals surface area (Å²) in [6, 6.07) is 13.4. The Morgan fingerprint density at radius 2 is 1.81 bits per heavy atom. The number of aromatic nitrogens is 2. The number of amides is 2. The highest BCUT2D eigenvalue weighted by molar-refractivity contribution is 6.08. The van der Waals surface area contributed by atoms with Crippen LogP contribution in [0.4, 0.5) is 17.5 Å². The molecule has 3 aromatic rings. The lowest BCUT2D eigenvalue weighted by Gasteiger charge is -2.29. The van der Waals surface area contributed by atoms with Gasteiger partial charge in [0.25, 0.3) is 5.56 Å². The van der Waals surface area contributed by atoms with Gasteiger partial charge in [0, 0.05) is 30.6 Å². The molecule has 8 heteroatoms. The van der Waals surface area contributed by atoms with Crippen LogP contribution in [-0.2, 0) is 9.59 Å². The quantitative estimate of drug-likeness (QED) is 0.607. The van der Waals surface area contributed by atoms with Crippen LogP contribution in [0.25, 0.3) is 10.8 Å². The number of hydrogen-bond acceptors (Lipinski definition) is 5. The molecule has 2 amide bonds. The van der Waals surface area contributed by atoms with E-state index in [4.69, 9.17) is 0 Å². The molecular formula is C23H23N5O3. The van der Waals surface area contributed by atoms with Crippen molar-refractivity contribution in [3.05, 3.63) is 58.4 Å². The summed E-state index contributed by atoms with van der Waals surface area (Å²) in [6.07, 6.45) is 3.11. The lowest BCUT2D eigenvalue weighted by atomic mass is 9.92. The molecule has 1 fully saturated rings. The molecule has 8 nitrogen and oxygen atoms in total. The van der Waals surface area contributed by atoms with Gasteiger partial charge in [0.15, 0.2) is 0 Å². The number of benzene rings is 2. The van der Waals surface area contributed by atoms with Crippen molar-refractivity contribution in [1.82, 2.24) is 9.97 Å². The first-order valence-corrected chi connectivity index (χ1v) is 10.6. The summed E-state index contributed by atoms with van der Waals surface area (Å²) in [4.78, 5) is 47.8. The van der Waals surface area contributed by atoms with Crippen LogP contribution < -0.4 is 21.1 Å². The van der Waals surface area contributed by atoms with Gasteiger partial charge in [-0.3, -0.25) is 19.4 Å². The molecule has 0 radical (unpaired) electrons. The molecular weight excluding hydrogens is 394 g/mol. The van der Waals surface area contributed by atoms with Crippen molar-refractivity contribution >= 4 is 40.0 Å². The lowest BCUT2D eigenvalue weighted by Crippen LogP contribution is -2.38. The van der Waals surface area contributed by atoms with Crippen LogP contribution in [0.2, 0.25) is 0 Å². The fourth-order valence-electron chi connectivity index (χ4n) is 4.39. The second kappa shape index (κ2) is 7.86. The number of carbonyl (C=O) groups is 2. The summed E-state index contributed by atoms with van der Waals surface area (Å²) in [5.41, 5.74) is 0.465. The van der Waals surface area contributed by atoms with Crippen molar-refractivity contribution in [2.24, 2.45) is 0 Å². The Bertz CT molecular complexity index is 1220. The van der Waals surface area contributed by atoms with Gasteiger partial charge >= 0.3 is 0 Å². The van der Waals surface area contributed by atoms with Gasteiger partial charge in [-0.25, -0.2) is 0 Å². The molecule has 1 saturated heterocycles. The van der Waals surface area contributed by atoms with Gasteiger partial charge in [-0.1, -0.05) is 36.4 Å². The van der Waals surface area contributed by atoms with Gasteiger partial charge in [0.05, 0.1) is 11.5 Å². The summed E-state index contributed by atoms with van der Waals surface area (Å²) in [6.45, 7) is 1.61. The Labute approximate surface area is 178 Å². The van der Waals surface area contributed by atoms with Crippen molar-refractivity contribution in [2.45, 2.75) is 31.6 Å². The predicted octanol–water partition coefficient (Wildman–Crippen LogP) is 2.98. The van der Waals surface area contributed by atoms with E-state index in [0.717, 1.165) is 43.1 Å². The van der Waals surface area contributed by atoms with Gasteiger partial charge in [0.2, 0.25) is 17.8 Å². The third-order valence-electron chi connectivity index (χ3n) is 5.96. The van der Waals surface area contributed by atoms with Crippen LogP contribution in [0.3, 0.4) is 0 Å². The first-order chi connectivity index (χ1) is 15.1. The van der Waals surface area contributed by atoms with Gasteiger partial charge in [-0.15, -0.1) is 0 Å². The molecule has 31 heavy (non-hydrogen) atoms. The van der Waals surface area contributed by atoms with E-state index in [2.05, 4.69) is 20.6 Å². The predicted molar refractivity (Wildman–Crippen MR) is 119 cm³/mol. The van der Waals surface area contributed by atoms with Crippen molar-refractivity contribution in [1.29, 1.82) is 0 Å². The highest BCUT2D eigenvalue weighted by Crippen LogP contribution is 2.31. The second-order valence-corrected chi connectivity index (χ2v) is 8.02. The molecule has 5 rings (SSSR count). The number of rotatable bonds is 3. The summed E-state index contributed by atoms with van der Waals surface area (Å²) >= 11 is 0. The number of H-pyrrole nitrogens is 1. The molecule has 2 aliphatic rings. The normalized spacial score (nSPS) is 18.4. The molecule has 2 aromatic carbocycles. The molecule has 2 aliphatic heterocycles. The maximum atomic E-state index is 13.2. The highest BCUT2D eigenvalue weighted by Gasteiger charge is 2.35. The summed E-state index contributed by atoms with van der Waals surface area (Å²) < 4.78 is 0. The summed E-state index contributed by atoms with van der Waals surface area (Å²) in [5.74, 6) is -1.01. The van der Waals surface area contributed by atoms with Crippen LogP contribution in [-0.4, -0.2) is 34.9 Å². The SMILES string of the molecule is O=C1C[C@@H](C(=O)Nc2cccc3ccccc23)c2c(nc(N3CCCCC3)[nH]c2=O)N1. The fraction of sp³-hybridized carbons (Fsp3) is 0.304. The zero-order valence-electron chi connectivity index (χ0n) is 17.0. The fourth-order valence-corrected chi connectivity index (χ4v) is 4.39. The van der Waals surface area contributed by atoms with E-state index in [9.17, 15) is 14.4 Å². The largest absolute Gasteiger partial charge is 0.342 e. The number of nitrogens with one attached hydrogen (secondary N) is 3. The van der Waals surface area contributed by atoms with Gasteiger partial charge < -0.3 is 15.5 Å². The molecule has 1 atom stereocenters. The number of carbonyl (C=O) groups excluding carboxylic acids is 2. The number of fused-ring (bicyclic) bond motifs is 2. The average molecular weight is 417 g/mol. The van der Waals surface area contributed by atoms with Crippen molar-refractivity contribution < 1.29 is 9.59 Å². The first kappa shape index (κ1) is 19.3. The monoisotopic (exact) mass is 417 g/mol. The van der Waals surface area contributed by atoms with E-state index < -0.39 is 11.8 Å². The molecule has 1 aromatic heterocycles. The molecule has 0 aliphatic carbocycles. The maximum absolute atomic E-state index is 13.2. The highest BCUT2D eigenvalue weighted by atomic mass is 16.2. The van der Waals surface area contributed by atoms with Crippen LogP contribution in [0, 0.1) is 0 Å². The zero-order chi connectivity index (χ0) is 21.4. The van der Waals surface area contributed by atoms with Crippen molar-refractivity contribution in [3.63, 3.8) is 0 Å². The summed E-state index contributed by atoms with van der Waals surface area (Å²) in [5, 5.41) is 7.48. The lowest BCUT2D eigenvalue weighted by molar-refractivity contribution is -0.123. The van der Waals surface area contributed by atoms with E-state index in [1.807, 2.05) is 47.4 Å². The molecule has 0 unspecified atom stereocenters. The Morgan fingerprint density at radius 1 is 1.03 bits per heavy atom. The minimum Gasteiger partial charge on any atom is -0.342 e. The van der Waals surface area contributed by atoms with Crippen LogP contribution in [0.1, 0.15) is 37.2 Å². The maximum Gasteiger partial charge on any atom is 0.258 e. The Balaban J connectivity index is 1.48. The zero-order valence-corrected chi connectivity index (χ0v) is 17.0. The molecule has 0 bridgehead atoms. The van der Waals surface area contributed by atoms with E-state index in [1.165, 1.54) is 0 Å². The number of aromatic amines is 1. The van der Waals surface area contributed by atoms with E-state index >= 15 is 0 Å². The number of nitrogens with zero attached hydrogens (tertiary/aromatic N) is 2. The smallest absolute Gasteiger partial charge is 0.258 e. The number of hydrogen-bond donors (Lipinski definition) is 3. The average Bonchev–Trinajstić information content (AvgIpc) is 2.79. The second-order valence-electron chi connectivity index (χ2n) is 8.02. The molecule has 0 saturated carbocycles. The van der Waals surface area contributed by atoms with Crippen LogP contribution in [0.15, 0.2) is 47.3 Å². The number of piperidine rings is 1. The van der Waals surface area contributed by atoms with Gasteiger partial charge in [0.1, 0.15) is 5.82 Å². The van der Waals surface area contributed by atoms with Crippen molar-refractivity contribution in [3.8, 4) is 0 Å². The van der Waals surface area contributed by atoms with Gasteiger partial charge in [-0.2, -0.15) is 4.98 Å². The Kier molecular flexibility index (Phi) is 4.89. The van der Waals surface area contributed by atoms with E-state index in [1.54, 1.807) is 0 Å². The van der Waals surface area contributed by atoms with E-state index in [0.29, 0.717) is 11.6 Å². The molecule has 3 N–H and O–H groups in total. The third-order valence-corrected chi connectivity index (χ3v) is 5.96. The summed E-state index contributed by atoms with van der Waals surface area (Å²) in [7, 11) is 0.